The van der Waals surface area contributed by atoms with Crippen molar-refractivity contribution in [2.75, 3.05) is 13.2 Å². The molecular weight excluding hydrogens is 226 g/mol. The lowest BCUT2D eigenvalue weighted by atomic mass is 10.2. The maximum absolute atomic E-state index is 11.7. The maximum Gasteiger partial charge on any atom is 0.176 e. The van der Waals surface area contributed by atoms with Gasteiger partial charge in [-0.3, -0.25) is 4.79 Å². The molecule has 1 aromatic heterocycles. The average Bonchev–Trinajstić information content (AvgIpc) is 2.74. The first-order chi connectivity index (χ1) is 8.74. The zero-order chi connectivity index (χ0) is 13.0. The van der Waals surface area contributed by atoms with Crippen LogP contribution in [0.15, 0.2) is 30.3 Å². The lowest BCUT2D eigenvalue weighted by molar-refractivity contribution is 0.0997. The van der Waals surface area contributed by atoms with Gasteiger partial charge in [0.2, 0.25) is 0 Å². The second-order valence-corrected chi connectivity index (χ2v) is 4.41. The number of fused-ring (bicyclic) bond motifs is 1. The van der Waals surface area contributed by atoms with Crippen LogP contribution in [0.2, 0.25) is 0 Å². The lowest BCUT2D eigenvalue weighted by Gasteiger charge is -2.09. The summed E-state index contributed by atoms with van der Waals surface area (Å²) in [7, 11) is 0. The van der Waals surface area contributed by atoms with Gasteiger partial charge in [-0.2, -0.15) is 0 Å². The monoisotopic (exact) mass is 245 g/mol. The van der Waals surface area contributed by atoms with E-state index in [1.807, 2.05) is 34.9 Å². The van der Waals surface area contributed by atoms with Gasteiger partial charge >= 0.3 is 0 Å². The second-order valence-electron chi connectivity index (χ2n) is 4.41. The molecule has 0 saturated carbocycles. The fourth-order valence-corrected chi connectivity index (χ4v) is 2.15. The summed E-state index contributed by atoms with van der Waals surface area (Å²) in [5.74, 6) is 0.0988. The Bertz CT molecular complexity index is 542. The lowest BCUT2D eigenvalue weighted by Crippen LogP contribution is -2.11. The topological polar surface area (TPSA) is 31.2 Å². The number of benzene rings is 1. The predicted molar refractivity (Wildman–Crippen MR) is 73.1 cm³/mol. The average molecular weight is 245 g/mol. The highest BCUT2D eigenvalue weighted by Crippen LogP contribution is 2.20. The van der Waals surface area contributed by atoms with Crippen molar-refractivity contribution in [2.45, 2.75) is 26.8 Å². The number of para-hydroxylation sites is 1. The molecular formula is C15H19NO2. The van der Waals surface area contributed by atoms with Crippen LogP contribution in [0.4, 0.5) is 0 Å². The van der Waals surface area contributed by atoms with Gasteiger partial charge in [-0.15, -0.1) is 0 Å². The molecule has 0 spiro atoms. The smallest absolute Gasteiger partial charge is 0.176 e. The SMILES string of the molecule is CCCOCCn1c(C(C)=O)cc2ccccc21. The van der Waals surface area contributed by atoms with E-state index < -0.39 is 0 Å². The van der Waals surface area contributed by atoms with Crippen molar-refractivity contribution in [2.24, 2.45) is 0 Å². The summed E-state index contributed by atoms with van der Waals surface area (Å²) in [6.07, 6.45) is 1.02. The molecule has 0 radical (unpaired) electrons. The van der Waals surface area contributed by atoms with Crippen LogP contribution in [-0.4, -0.2) is 23.6 Å². The van der Waals surface area contributed by atoms with Crippen molar-refractivity contribution in [1.29, 1.82) is 0 Å². The Morgan fingerprint density at radius 2 is 2.06 bits per heavy atom. The summed E-state index contributed by atoms with van der Waals surface area (Å²) in [6, 6.07) is 10.0. The summed E-state index contributed by atoms with van der Waals surface area (Å²) >= 11 is 0. The van der Waals surface area contributed by atoms with E-state index in [2.05, 4.69) is 6.92 Å². The second kappa shape index (κ2) is 5.83. The Labute approximate surface area is 107 Å². The van der Waals surface area contributed by atoms with Crippen LogP contribution in [0.1, 0.15) is 30.8 Å². The van der Waals surface area contributed by atoms with Gasteiger partial charge < -0.3 is 9.30 Å². The molecule has 0 bridgehead atoms. The molecule has 0 aliphatic heterocycles. The van der Waals surface area contributed by atoms with Crippen molar-refractivity contribution in [1.82, 2.24) is 4.57 Å². The third-order valence-corrected chi connectivity index (χ3v) is 2.98. The van der Waals surface area contributed by atoms with Gasteiger partial charge in [0, 0.05) is 31.0 Å². The number of nitrogens with zero attached hydrogens (tertiary/aromatic N) is 1. The molecule has 0 unspecified atom stereocenters. The molecule has 0 saturated heterocycles. The minimum atomic E-state index is 0.0988. The number of hydrogen-bond acceptors (Lipinski definition) is 2. The van der Waals surface area contributed by atoms with Gasteiger partial charge in [0.1, 0.15) is 0 Å². The summed E-state index contributed by atoms with van der Waals surface area (Å²) < 4.78 is 7.56. The number of ketones is 1. The molecule has 0 aliphatic rings. The number of rotatable bonds is 6. The van der Waals surface area contributed by atoms with Gasteiger partial charge in [0.05, 0.1) is 12.3 Å². The van der Waals surface area contributed by atoms with Crippen LogP contribution in [0, 0.1) is 0 Å². The molecule has 96 valence electrons. The highest BCUT2D eigenvalue weighted by Gasteiger charge is 2.11. The van der Waals surface area contributed by atoms with Crippen LogP contribution in [0.3, 0.4) is 0 Å². The standard InChI is InChI=1S/C15H19NO2/c1-3-9-18-10-8-16-14-7-5-4-6-13(14)11-15(16)12(2)17/h4-7,11H,3,8-10H2,1-2H3. The van der Waals surface area contributed by atoms with Gasteiger partial charge in [-0.25, -0.2) is 0 Å². The molecule has 0 fully saturated rings. The first-order valence-electron chi connectivity index (χ1n) is 6.41. The number of Topliss-reactive ketones (excluding diaryl/α,β-unsaturated/α-hetero) is 1. The van der Waals surface area contributed by atoms with Crippen molar-refractivity contribution in [3.63, 3.8) is 0 Å². The molecule has 3 nitrogen and oxygen atoms in total. The van der Waals surface area contributed by atoms with E-state index in [0.717, 1.165) is 36.2 Å². The third kappa shape index (κ3) is 2.62. The van der Waals surface area contributed by atoms with Crippen LogP contribution >= 0.6 is 0 Å². The van der Waals surface area contributed by atoms with E-state index in [1.165, 1.54) is 0 Å². The number of ether oxygens (including phenoxy) is 1. The Hall–Kier alpha value is -1.61. The highest BCUT2D eigenvalue weighted by molar-refractivity contribution is 5.98. The zero-order valence-electron chi connectivity index (χ0n) is 11.0. The van der Waals surface area contributed by atoms with E-state index in [1.54, 1.807) is 6.92 Å². The number of hydrogen-bond donors (Lipinski definition) is 0. The van der Waals surface area contributed by atoms with E-state index in [-0.39, 0.29) is 5.78 Å². The number of carbonyl (C=O) groups is 1. The summed E-state index contributed by atoms with van der Waals surface area (Å²) in [6.45, 7) is 5.84. The van der Waals surface area contributed by atoms with Gasteiger partial charge in [0.25, 0.3) is 0 Å². The molecule has 0 atom stereocenters. The fourth-order valence-electron chi connectivity index (χ4n) is 2.15. The fraction of sp³-hybridized carbons (Fsp3) is 0.400. The summed E-state index contributed by atoms with van der Waals surface area (Å²) in [5, 5.41) is 1.11. The molecule has 18 heavy (non-hydrogen) atoms. The van der Waals surface area contributed by atoms with Crippen molar-refractivity contribution in [3.05, 3.63) is 36.0 Å². The van der Waals surface area contributed by atoms with E-state index in [0.29, 0.717) is 6.61 Å². The van der Waals surface area contributed by atoms with Gasteiger partial charge in [0.15, 0.2) is 5.78 Å². The van der Waals surface area contributed by atoms with Gasteiger partial charge in [-0.1, -0.05) is 25.1 Å². The van der Waals surface area contributed by atoms with Crippen molar-refractivity contribution in [3.8, 4) is 0 Å². The Morgan fingerprint density at radius 1 is 1.28 bits per heavy atom. The number of aromatic nitrogens is 1. The summed E-state index contributed by atoms with van der Waals surface area (Å²) in [5.41, 5.74) is 1.86. The van der Waals surface area contributed by atoms with E-state index in [9.17, 15) is 4.79 Å². The van der Waals surface area contributed by atoms with Crippen LogP contribution in [0.5, 0.6) is 0 Å². The Kier molecular flexibility index (Phi) is 4.15. The molecule has 1 heterocycles. The largest absolute Gasteiger partial charge is 0.380 e. The van der Waals surface area contributed by atoms with Gasteiger partial charge in [-0.05, 0) is 18.6 Å². The predicted octanol–water partition coefficient (Wildman–Crippen LogP) is 3.27. The molecule has 0 aliphatic carbocycles. The third-order valence-electron chi connectivity index (χ3n) is 2.98. The molecule has 2 rings (SSSR count). The normalized spacial score (nSPS) is 11.0. The first kappa shape index (κ1) is 12.8. The van der Waals surface area contributed by atoms with Crippen molar-refractivity contribution >= 4 is 16.7 Å². The van der Waals surface area contributed by atoms with Crippen LogP contribution in [0.25, 0.3) is 10.9 Å². The highest BCUT2D eigenvalue weighted by atomic mass is 16.5. The maximum atomic E-state index is 11.7. The first-order valence-corrected chi connectivity index (χ1v) is 6.41. The zero-order valence-corrected chi connectivity index (χ0v) is 11.0. The van der Waals surface area contributed by atoms with Crippen molar-refractivity contribution < 1.29 is 9.53 Å². The van der Waals surface area contributed by atoms with E-state index >= 15 is 0 Å². The Balaban J connectivity index is 2.27. The van der Waals surface area contributed by atoms with E-state index in [4.69, 9.17) is 4.74 Å². The quantitative estimate of drug-likeness (QED) is 0.577. The summed E-state index contributed by atoms with van der Waals surface area (Å²) in [4.78, 5) is 11.7. The minimum absolute atomic E-state index is 0.0988. The number of carbonyl (C=O) groups excluding carboxylic acids is 1. The molecule has 3 heteroatoms. The Morgan fingerprint density at radius 3 is 2.78 bits per heavy atom. The van der Waals surface area contributed by atoms with Crippen LogP contribution < -0.4 is 0 Å². The van der Waals surface area contributed by atoms with Crippen LogP contribution in [-0.2, 0) is 11.3 Å². The molecule has 0 N–H and O–H groups in total. The molecule has 2 aromatic rings. The molecule has 1 aromatic carbocycles. The molecule has 0 amide bonds. The minimum Gasteiger partial charge on any atom is -0.380 e.